The normalized spacial score (nSPS) is 16.8. The van der Waals surface area contributed by atoms with E-state index in [1.165, 1.54) is 12.8 Å². The lowest BCUT2D eigenvalue weighted by Gasteiger charge is -2.21. The molecule has 1 amide bonds. The molecule has 1 saturated heterocycles. The predicted octanol–water partition coefficient (Wildman–Crippen LogP) is 2.23. The van der Waals surface area contributed by atoms with Crippen LogP contribution in [0, 0.1) is 0 Å². The van der Waals surface area contributed by atoms with Crippen LogP contribution in [0.5, 0.6) is 0 Å². The van der Waals surface area contributed by atoms with Gasteiger partial charge in [0.15, 0.2) is 0 Å². The number of anilines is 1. The van der Waals surface area contributed by atoms with Crippen LogP contribution in [0.3, 0.4) is 0 Å². The minimum Gasteiger partial charge on any atom is -0.392 e. The van der Waals surface area contributed by atoms with E-state index in [9.17, 15) is 9.90 Å². The molecule has 6 nitrogen and oxygen atoms in total. The number of amides is 1. The Morgan fingerprint density at radius 3 is 2.67 bits per heavy atom. The van der Waals surface area contributed by atoms with Gasteiger partial charge in [0.2, 0.25) is 11.9 Å². The van der Waals surface area contributed by atoms with E-state index in [0.29, 0.717) is 12.5 Å². The molecule has 0 saturated carbocycles. The van der Waals surface area contributed by atoms with Crippen molar-refractivity contribution < 1.29 is 9.90 Å². The van der Waals surface area contributed by atoms with E-state index in [-0.39, 0.29) is 12.5 Å². The Bertz CT molecular complexity index is 687. The smallest absolute Gasteiger partial charge is 0.242 e. The highest BCUT2D eigenvalue weighted by Gasteiger charge is 2.19. The number of aliphatic hydroxyl groups excluding tert-OH is 1. The van der Waals surface area contributed by atoms with E-state index in [1.807, 2.05) is 33.7 Å². The molecule has 2 aromatic rings. The molecule has 3 rings (SSSR count). The first-order chi connectivity index (χ1) is 11.6. The van der Waals surface area contributed by atoms with Crippen LogP contribution in [0.4, 0.5) is 5.95 Å². The van der Waals surface area contributed by atoms with Crippen molar-refractivity contribution in [2.24, 2.45) is 0 Å². The van der Waals surface area contributed by atoms with Crippen molar-refractivity contribution in [3.63, 3.8) is 0 Å². The van der Waals surface area contributed by atoms with Gasteiger partial charge in [-0.15, -0.1) is 0 Å². The number of nitrogens with one attached hydrogen (secondary N) is 1. The molecule has 1 unspecified atom stereocenters. The molecule has 2 N–H and O–H groups in total. The van der Waals surface area contributed by atoms with Gasteiger partial charge < -0.3 is 19.9 Å². The number of rotatable bonds is 5. The largest absolute Gasteiger partial charge is 0.392 e. The Morgan fingerprint density at radius 2 is 1.96 bits per heavy atom. The second-order valence-electron chi connectivity index (χ2n) is 6.54. The first-order valence-electron chi connectivity index (χ1n) is 8.80. The molecule has 1 aromatic carbocycles. The minimum atomic E-state index is -0.473. The second-order valence-corrected chi connectivity index (χ2v) is 6.54. The van der Waals surface area contributed by atoms with Crippen molar-refractivity contribution in [1.29, 1.82) is 0 Å². The lowest BCUT2D eigenvalue weighted by molar-refractivity contribution is -0.131. The Balaban J connectivity index is 1.83. The third kappa shape index (κ3) is 3.87. The summed E-state index contributed by atoms with van der Waals surface area (Å²) in [7, 11) is 0. The maximum absolute atomic E-state index is 12.8. The Hall–Kier alpha value is -2.08. The SMILES string of the molecule is CC(O)CNc1nc2ccccc2n1CC(=O)N1CCCCCC1. The van der Waals surface area contributed by atoms with Crippen molar-refractivity contribution in [3.05, 3.63) is 24.3 Å². The van der Waals surface area contributed by atoms with Gasteiger partial charge in [-0.2, -0.15) is 0 Å². The highest BCUT2D eigenvalue weighted by molar-refractivity contribution is 5.83. The second kappa shape index (κ2) is 7.66. The average molecular weight is 330 g/mol. The third-order valence-corrected chi connectivity index (χ3v) is 4.46. The number of hydrogen-bond donors (Lipinski definition) is 2. The molecule has 1 atom stereocenters. The lowest BCUT2D eigenvalue weighted by Crippen LogP contribution is -2.35. The molecule has 0 aliphatic carbocycles. The van der Waals surface area contributed by atoms with Crippen molar-refractivity contribution in [2.75, 3.05) is 25.0 Å². The topological polar surface area (TPSA) is 70.4 Å². The predicted molar refractivity (Wildman–Crippen MR) is 95.0 cm³/mol. The number of aliphatic hydroxyl groups is 1. The molecule has 2 heterocycles. The molecule has 0 spiro atoms. The van der Waals surface area contributed by atoms with Crippen LogP contribution < -0.4 is 5.32 Å². The fourth-order valence-corrected chi connectivity index (χ4v) is 3.16. The van der Waals surface area contributed by atoms with Crippen LogP contribution in [0.2, 0.25) is 0 Å². The zero-order valence-electron chi connectivity index (χ0n) is 14.2. The van der Waals surface area contributed by atoms with Gasteiger partial charge in [0.25, 0.3) is 0 Å². The first kappa shape index (κ1) is 16.8. The van der Waals surface area contributed by atoms with Gasteiger partial charge in [-0.3, -0.25) is 4.79 Å². The monoisotopic (exact) mass is 330 g/mol. The lowest BCUT2D eigenvalue weighted by atomic mass is 10.2. The molecule has 1 aromatic heterocycles. The van der Waals surface area contributed by atoms with E-state index < -0.39 is 6.10 Å². The Labute approximate surface area is 142 Å². The van der Waals surface area contributed by atoms with Crippen LogP contribution in [-0.4, -0.2) is 51.2 Å². The summed E-state index contributed by atoms with van der Waals surface area (Å²) in [5.74, 6) is 0.778. The molecule has 24 heavy (non-hydrogen) atoms. The maximum atomic E-state index is 12.8. The van der Waals surface area contributed by atoms with Crippen molar-refractivity contribution in [3.8, 4) is 0 Å². The number of fused-ring (bicyclic) bond motifs is 1. The van der Waals surface area contributed by atoms with Crippen LogP contribution in [0.15, 0.2) is 24.3 Å². The summed E-state index contributed by atoms with van der Waals surface area (Å²) in [4.78, 5) is 19.3. The van der Waals surface area contributed by atoms with E-state index in [2.05, 4.69) is 10.3 Å². The highest BCUT2D eigenvalue weighted by Crippen LogP contribution is 2.20. The molecule has 1 aliphatic rings. The molecular weight excluding hydrogens is 304 g/mol. The average Bonchev–Trinajstić information content (AvgIpc) is 2.75. The minimum absolute atomic E-state index is 0.139. The fourth-order valence-electron chi connectivity index (χ4n) is 3.16. The van der Waals surface area contributed by atoms with E-state index >= 15 is 0 Å². The van der Waals surface area contributed by atoms with Gasteiger partial charge in [-0.25, -0.2) is 4.98 Å². The molecule has 0 radical (unpaired) electrons. The number of carbonyl (C=O) groups excluding carboxylic acids is 1. The van der Waals surface area contributed by atoms with Crippen molar-refractivity contribution in [1.82, 2.24) is 14.5 Å². The first-order valence-corrected chi connectivity index (χ1v) is 8.80. The molecule has 130 valence electrons. The number of nitrogens with zero attached hydrogens (tertiary/aromatic N) is 3. The molecular formula is C18H26N4O2. The number of hydrogen-bond acceptors (Lipinski definition) is 4. The number of aromatic nitrogens is 2. The standard InChI is InChI=1S/C18H26N4O2/c1-14(23)12-19-18-20-15-8-4-5-9-16(15)22(18)13-17(24)21-10-6-2-3-7-11-21/h4-5,8-9,14,23H,2-3,6-7,10-13H2,1H3,(H,19,20). The molecule has 1 aliphatic heterocycles. The Kier molecular flexibility index (Phi) is 5.35. The third-order valence-electron chi connectivity index (χ3n) is 4.46. The Morgan fingerprint density at radius 1 is 1.25 bits per heavy atom. The summed E-state index contributed by atoms with van der Waals surface area (Å²) in [6.45, 7) is 4.11. The van der Waals surface area contributed by atoms with Gasteiger partial charge in [-0.1, -0.05) is 25.0 Å². The number of benzene rings is 1. The van der Waals surface area contributed by atoms with Gasteiger partial charge in [0.1, 0.15) is 6.54 Å². The number of likely N-dealkylation sites (tertiary alicyclic amines) is 1. The van der Waals surface area contributed by atoms with E-state index in [4.69, 9.17) is 0 Å². The highest BCUT2D eigenvalue weighted by atomic mass is 16.3. The molecule has 0 bridgehead atoms. The summed E-state index contributed by atoms with van der Waals surface area (Å²) in [6.07, 6.45) is 4.12. The summed E-state index contributed by atoms with van der Waals surface area (Å²) in [5.41, 5.74) is 1.79. The molecule has 6 heteroatoms. The summed E-state index contributed by atoms with van der Waals surface area (Å²) in [6, 6.07) is 7.81. The number of para-hydroxylation sites is 2. The summed E-state index contributed by atoms with van der Waals surface area (Å²) < 4.78 is 1.92. The van der Waals surface area contributed by atoms with Gasteiger partial charge in [0.05, 0.1) is 17.1 Å². The van der Waals surface area contributed by atoms with Gasteiger partial charge >= 0.3 is 0 Å². The number of carbonyl (C=O) groups is 1. The van der Waals surface area contributed by atoms with E-state index in [0.717, 1.165) is 37.0 Å². The van der Waals surface area contributed by atoms with Gasteiger partial charge in [-0.05, 0) is 31.9 Å². The maximum Gasteiger partial charge on any atom is 0.242 e. The number of imidazole rings is 1. The summed E-state index contributed by atoms with van der Waals surface area (Å²) >= 11 is 0. The van der Waals surface area contributed by atoms with Crippen LogP contribution in [-0.2, 0) is 11.3 Å². The van der Waals surface area contributed by atoms with E-state index in [1.54, 1.807) is 6.92 Å². The quantitative estimate of drug-likeness (QED) is 0.882. The van der Waals surface area contributed by atoms with Crippen LogP contribution in [0.1, 0.15) is 32.6 Å². The van der Waals surface area contributed by atoms with Crippen molar-refractivity contribution in [2.45, 2.75) is 45.3 Å². The van der Waals surface area contributed by atoms with Crippen molar-refractivity contribution >= 4 is 22.9 Å². The fraction of sp³-hybridized carbons (Fsp3) is 0.556. The van der Waals surface area contributed by atoms with Gasteiger partial charge in [0, 0.05) is 19.6 Å². The van der Waals surface area contributed by atoms with Crippen LogP contribution >= 0.6 is 0 Å². The summed E-state index contributed by atoms with van der Waals surface area (Å²) in [5, 5.41) is 12.7. The zero-order chi connectivity index (χ0) is 16.9. The molecule has 1 fully saturated rings. The van der Waals surface area contributed by atoms with Crippen LogP contribution in [0.25, 0.3) is 11.0 Å². The zero-order valence-corrected chi connectivity index (χ0v) is 14.2.